The molecule has 2 rings (SSSR count). The molecule has 2 aromatic rings. The zero-order chi connectivity index (χ0) is 15.1. The number of carbonyl (C=O) groups is 1. The van der Waals surface area contributed by atoms with Gasteiger partial charge in [-0.3, -0.25) is 4.79 Å². The number of fused-ring (bicyclic) bond motifs is 1. The molecule has 1 aromatic carbocycles. The molecular weight excluding hydrogens is 208 g/mol. The highest BCUT2D eigenvalue weighted by molar-refractivity contribution is 5.85. The highest BCUT2D eigenvalue weighted by Gasteiger charge is 2.14. The summed E-state index contributed by atoms with van der Waals surface area (Å²) in [6.45, 7) is 0. The number of benzene rings is 1. The van der Waals surface area contributed by atoms with E-state index in [-0.39, 0.29) is 17.0 Å². The number of H-pyrrole nitrogens is 1. The van der Waals surface area contributed by atoms with E-state index in [9.17, 15) is 9.90 Å². The van der Waals surface area contributed by atoms with E-state index in [0.717, 1.165) is 0 Å². The number of aromatic hydroxyl groups is 1. The topological polar surface area (TPSA) is 99.3 Å². The fourth-order valence-corrected chi connectivity index (χ4v) is 1.46. The molecule has 0 aliphatic carbocycles. The molecule has 0 saturated heterocycles. The summed E-state index contributed by atoms with van der Waals surface area (Å²) in [4.78, 5) is 14.0. The predicted octanol–water partition coefficient (Wildman–Crippen LogP) is 0.828. The Kier molecular flexibility index (Phi) is 1.58. The van der Waals surface area contributed by atoms with Gasteiger partial charge in [-0.05, 0) is 23.8 Å². The first-order chi connectivity index (χ1) is 9.28. The Bertz CT molecular complexity index is 660. The largest absolute Gasteiger partial charge is 0.508 e. The van der Waals surface area contributed by atoms with Crippen LogP contribution in [0.4, 0.5) is 0 Å². The normalized spacial score (nSPS) is 20.6. The average molecular weight is 224 g/mol. The summed E-state index contributed by atoms with van der Waals surface area (Å²) in [7, 11) is 0. The zero-order valence-electron chi connectivity index (χ0n) is 12.1. The number of hydrogen-bond donors (Lipinski definition) is 4. The summed E-state index contributed by atoms with van der Waals surface area (Å²) in [5, 5.41) is 18.9. The minimum absolute atomic E-state index is 0.0648. The zero-order valence-corrected chi connectivity index (χ0v) is 8.14. The van der Waals surface area contributed by atoms with Gasteiger partial charge in [-0.25, -0.2) is 0 Å². The number of hydrogen-bond acceptors (Lipinski definition) is 3. The smallest absolute Gasteiger partial charge is 0.320 e. The van der Waals surface area contributed by atoms with E-state index in [1.54, 1.807) is 6.07 Å². The second-order valence-corrected chi connectivity index (χ2v) is 3.31. The van der Waals surface area contributed by atoms with E-state index in [0.29, 0.717) is 10.9 Å². The van der Waals surface area contributed by atoms with E-state index in [2.05, 4.69) is 4.98 Å². The van der Waals surface area contributed by atoms with E-state index < -0.39 is 18.4 Å². The number of carboxylic acids is 1. The van der Waals surface area contributed by atoms with Crippen molar-refractivity contribution >= 4 is 16.9 Å². The highest BCUT2D eigenvalue weighted by Crippen LogP contribution is 2.23. The number of carboxylic acid groups (broad SMARTS) is 1. The van der Waals surface area contributed by atoms with Gasteiger partial charge >= 0.3 is 5.97 Å². The van der Waals surface area contributed by atoms with E-state index in [1.807, 2.05) is 0 Å². The Hall–Kier alpha value is -2.01. The van der Waals surface area contributed by atoms with Gasteiger partial charge in [0.1, 0.15) is 14.6 Å². The fourth-order valence-electron chi connectivity index (χ4n) is 1.46. The first-order valence-electron chi connectivity index (χ1n) is 6.49. The molecule has 0 spiro atoms. The van der Waals surface area contributed by atoms with Crippen molar-refractivity contribution in [3.05, 3.63) is 30.0 Å². The number of nitrogens with one attached hydrogen (secondary N) is 1. The molecular formula is C11H12N2O3. The van der Waals surface area contributed by atoms with Crippen LogP contribution in [0.5, 0.6) is 5.75 Å². The molecule has 0 aliphatic rings. The van der Waals surface area contributed by atoms with Gasteiger partial charge in [-0.2, -0.15) is 0 Å². The summed E-state index contributed by atoms with van der Waals surface area (Å²) in [5.74, 6) is -1.83. The van der Waals surface area contributed by atoms with Crippen LogP contribution in [0.25, 0.3) is 10.9 Å². The number of rotatable bonds is 4. The fraction of sp³-hybridized carbons (Fsp3) is 0.182. The molecule has 0 fully saturated rings. The molecule has 0 saturated carbocycles. The minimum atomic E-state index is -2.78. The van der Waals surface area contributed by atoms with E-state index >= 15 is 0 Å². The van der Waals surface area contributed by atoms with Crippen LogP contribution in [0.3, 0.4) is 0 Å². The Balaban J connectivity index is 2.58. The Morgan fingerprint density at radius 1 is 1.75 bits per heavy atom. The molecule has 1 heterocycles. The van der Waals surface area contributed by atoms with Gasteiger partial charge in [0.05, 0.1) is 1.37 Å². The van der Waals surface area contributed by atoms with Gasteiger partial charge in [-0.1, -0.05) is 0 Å². The molecule has 0 radical (unpaired) electrons. The van der Waals surface area contributed by atoms with Gasteiger partial charge in [0, 0.05) is 24.9 Å². The van der Waals surface area contributed by atoms with Gasteiger partial charge in [-0.15, -0.1) is 0 Å². The molecule has 1 aromatic heterocycles. The Morgan fingerprint density at radius 3 is 3.25 bits per heavy atom. The van der Waals surface area contributed by atoms with Crippen LogP contribution in [0.2, 0.25) is 2.82 Å². The SMILES string of the molecule is [2H]C(c1c[nH]c2ccc(O)cc12)[C@@]([2H])(C(=O)O)N([2H])[2H]. The molecule has 2 atom stereocenters. The van der Waals surface area contributed by atoms with Crippen molar-refractivity contribution in [3.8, 4) is 5.75 Å². The molecule has 16 heavy (non-hydrogen) atoms. The van der Waals surface area contributed by atoms with Crippen molar-refractivity contribution in [3.63, 3.8) is 0 Å². The Morgan fingerprint density at radius 2 is 2.56 bits per heavy atom. The van der Waals surface area contributed by atoms with Crippen LogP contribution in [0.1, 0.15) is 8.30 Å². The first-order valence-corrected chi connectivity index (χ1v) is 4.52. The summed E-state index contributed by atoms with van der Waals surface area (Å²) in [5.41, 5.74) is 0.372. The number of nitrogens with two attached hydrogens (primary N) is 1. The van der Waals surface area contributed by atoms with Crippen molar-refractivity contribution in [1.29, 1.82) is 0 Å². The lowest BCUT2D eigenvalue weighted by atomic mass is 10.1. The molecule has 0 bridgehead atoms. The lowest BCUT2D eigenvalue weighted by Gasteiger charge is -2.04. The molecule has 1 unspecified atom stereocenters. The predicted molar refractivity (Wildman–Crippen MR) is 59.3 cm³/mol. The molecule has 5 N–H and O–H groups in total. The van der Waals surface area contributed by atoms with Crippen LogP contribution in [0, 0.1) is 0 Å². The van der Waals surface area contributed by atoms with Crippen LogP contribution < -0.4 is 5.72 Å². The van der Waals surface area contributed by atoms with Crippen molar-refractivity contribution in [1.82, 2.24) is 4.98 Å². The maximum atomic E-state index is 11.2. The van der Waals surface area contributed by atoms with E-state index in [4.69, 9.17) is 10.7 Å². The first kappa shape index (κ1) is 6.55. The lowest BCUT2D eigenvalue weighted by Crippen LogP contribution is -2.32. The second kappa shape index (κ2) is 3.86. The van der Waals surface area contributed by atoms with Crippen molar-refractivity contribution in [2.75, 3.05) is 0 Å². The maximum absolute atomic E-state index is 11.2. The minimum Gasteiger partial charge on any atom is -0.508 e. The van der Waals surface area contributed by atoms with Crippen LogP contribution in [0.15, 0.2) is 24.4 Å². The summed E-state index contributed by atoms with van der Waals surface area (Å²) >= 11 is 0. The number of phenols is 1. The Labute approximate surface area is 97.2 Å². The highest BCUT2D eigenvalue weighted by atomic mass is 16.4. The monoisotopic (exact) mass is 224 g/mol. The number of aromatic amines is 1. The van der Waals surface area contributed by atoms with Gasteiger partial charge < -0.3 is 20.9 Å². The van der Waals surface area contributed by atoms with Crippen molar-refractivity contribution < 1.29 is 20.6 Å². The van der Waals surface area contributed by atoms with Gasteiger partial charge in [0.2, 0.25) is 0 Å². The van der Waals surface area contributed by atoms with Crippen LogP contribution in [-0.4, -0.2) is 27.2 Å². The van der Waals surface area contributed by atoms with E-state index in [1.165, 1.54) is 18.3 Å². The third-order valence-corrected chi connectivity index (χ3v) is 2.21. The third-order valence-electron chi connectivity index (χ3n) is 2.21. The summed E-state index contributed by atoms with van der Waals surface area (Å²) < 4.78 is 29.9. The second-order valence-electron chi connectivity index (χ2n) is 3.31. The van der Waals surface area contributed by atoms with Gasteiger partial charge in [0.15, 0.2) is 0 Å². The quantitative estimate of drug-likeness (QED) is 0.618. The summed E-state index contributed by atoms with van der Waals surface area (Å²) in [6, 6.07) is 1.53. The lowest BCUT2D eigenvalue weighted by molar-refractivity contribution is -0.138. The summed E-state index contributed by atoms with van der Waals surface area (Å²) in [6.07, 6.45) is -0.358. The third kappa shape index (κ3) is 1.85. The molecule has 5 nitrogen and oxygen atoms in total. The molecule has 84 valence electrons. The number of aromatic nitrogens is 1. The molecule has 5 heteroatoms. The average Bonchev–Trinajstić information content (AvgIpc) is 2.79. The number of phenolic OH excluding ortho intramolecular Hbond substituents is 1. The molecule has 0 aliphatic heterocycles. The maximum Gasteiger partial charge on any atom is 0.320 e. The number of aliphatic carboxylic acids is 1. The van der Waals surface area contributed by atoms with Crippen molar-refractivity contribution in [2.45, 2.75) is 12.4 Å². The van der Waals surface area contributed by atoms with Crippen LogP contribution >= 0.6 is 0 Å². The van der Waals surface area contributed by atoms with Crippen molar-refractivity contribution in [2.24, 2.45) is 5.72 Å². The van der Waals surface area contributed by atoms with Gasteiger partial charge in [0.25, 0.3) is 0 Å². The standard InChI is InChI=1S/C11H12N2O3/c12-9(11(15)16)3-6-5-13-10-2-1-7(14)4-8(6)10/h1-2,4-5,9,13-14H,3,12H2,(H,15,16)/t9-/m0/s1/i3D,9D/hD2/t3?,9-. The molecule has 0 amide bonds. The van der Waals surface area contributed by atoms with Crippen LogP contribution in [-0.2, 0) is 11.2 Å².